The van der Waals surface area contributed by atoms with E-state index in [1.165, 1.54) is 6.20 Å². The lowest BCUT2D eigenvalue weighted by atomic mass is 10.3. The number of carbonyl (C=O) groups is 1. The predicted octanol–water partition coefficient (Wildman–Crippen LogP) is 1.76. The standard InChI is InChI=1S/C11H9ClN4O2/c1-2-18-11(17)7-6-15-10(16-8(7)12)9-13-4-3-5-14-9/h3-6H,2H2,1H3. The maximum atomic E-state index is 11.5. The third kappa shape index (κ3) is 2.60. The summed E-state index contributed by atoms with van der Waals surface area (Å²) in [5.41, 5.74) is 0.123. The molecule has 7 heteroatoms. The fourth-order valence-electron chi connectivity index (χ4n) is 1.23. The van der Waals surface area contributed by atoms with Crippen molar-refractivity contribution in [1.82, 2.24) is 19.9 Å². The number of esters is 1. The number of hydrogen-bond acceptors (Lipinski definition) is 6. The zero-order chi connectivity index (χ0) is 13.0. The Hall–Kier alpha value is -2.08. The smallest absolute Gasteiger partial charge is 0.342 e. The van der Waals surface area contributed by atoms with E-state index in [4.69, 9.17) is 16.3 Å². The minimum Gasteiger partial charge on any atom is -0.462 e. The first-order valence-electron chi connectivity index (χ1n) is 5.19. The first-order chi connectivity index (χ1) is 8.72. The summed E-state index contributed by atoms with van der Waals surface area (Å²) in [7, 11) is 0. The van der Waals surface area contributed by atoms with Crippen molar-refractivity contribution in [3.63, 3.8) is 0 Å². The molecule has 18 heavy (non-hydrogen) atoms. The first-order valence-corrected chi connectivity index (χ1v) is 5.57. The highest BCUT2D eigenvalue weighted by Gasteiger charge is 2.15. The fraction of sp³-hybridized carbons (Fsp3) is 0.182. The summed E-state index contributed by atoms with van der Waals surface area (Å²) in [6, 6.07) is 1.68. The summed E-state index contributed by atoms with van der Waals surface area (Å²) < 4.78 is 4.82. The molecule has 2 aromatic heterocycles. The van der Waals surface area contributed by atoms with E-state index >= 15 is 0 Å². The van der Waals surface area contributed by atoms with Crippen LogP contribution < -0.4 is 0 Å². The summed E-state index contributed by atoms with van der Waals surface area (Å²) >= 11 is 5.90. The molecule has 0 fully saturated rings. The summed E-state index contributed by atoms with van der Waals surface area (Å²) in [5.74, 6) is 0.0477. The minimum absolute atomic E-state index is 0.0194. The summed E-state index contributed by atoms with van der Waals surface area (Å²) in [5, 5.41) is 0.0194. The third-order valence-corrected chi connectivity index (χ3v) is 2.29. The largest absolute Gasteiger partial charge is 0.462 e. The Morgan fingerprint density at radius 2 is 2.00 bits per heavy atom. The average Bonchev–Trinajstić information content (AvgIpc) is 2.40. The normalized spacial score (nSPS) is 10.1. The van der Waals surface area contributed by atoms with Crippen LogP contribution >= 0.6 is 11.6 Å². The number of ether oxygens (including phenoxy) is 1. The molecule has 0 aliphatic heterocycles. The van der Waals surface area contributed by atoms with Crippen LogP contribution in [0.1, 0.15) is 17.3 Å². The predicted molar refractivity (Wildman–Crippen MR) is 64.0 cm³/mol. The van der Waals surface area contributed by atoms with Gasteiger partial charge < -0.3 is 4.74 Å². The maximum absolute atomic E-state index is 11.5. The topological polar surface area (TPSA) is 77.9 Å². The molecular formula is C11H9ClN4O2. The number of aromatic nitrogens is 4. The van der Waals surface area contributed by atoms with Crippen molar-refractivity contribution in [2.75, 3.05) is 6.61 Å². The maximum Gasteiger partial charge on any atom is 0.342 e. The van der Waals surface area contributed by atoms with E-state index in [0.29, 0.717) is 5.82 Å². The lowest BCUT2D eigenvalue weighted by Gasteiger charge is -2.04. The van der Waals surface area contributed by atoms with Crippen molar-refractivity contribution in [2.24, 2.45) is 0 Å². The van der Waals surface area contributed by atoms with Crippen molar-refractivity contribution in [2.45, 2.75) is 6.92 Å². The second-order valence-electron chi connectivity index (χ2n) is 3.19. The van der Waals surface area contributed by atoms with Gasteiger partial charge in [0, 0.05) is 18.6 Å². The summed E-state index contributed by atoms with van der Waals surface area (Å²) in [6.07, 6.45) is 4.44. The van der Waals surface area contributed by atoms with E-state index < -0.39 is 5.97 Å². The molecule has 0 radical (unpaired) electrons. The van der Waals surface area contributed by atoms with Gasteiger partial charge in [-0.15, -0.1) is 0 Å². The molecule has 2 heterocycles. The third-order valence-electron chi connectivity index (χ3n) is 2.00. The highest BCUT2D eigenvalue weighted by molar-refractivity contribution is 6.32. The van der Waals surface area contributed by atoms with Crippen LogP contribution in [0.4, 0.5) is 0 Å². The molecule has 0 amide bonds. The lowest BCUT2D eigenvalue weighted by molar-refractivity contribution is 0.0525. The van der Waals surface area contributed by atoms with Crippen LogP contribution in [0.15, 0.2) is 24.7 Å². The van der Waals surface area contributed by atoms with Gasteiger partial charge in [-0.25, -0.2) is 24.7 Å². The Balaban J connectivity index is 2.34. The molecule has 0 spiro atoms. The number of hydrogen-bond donors (Lipinski definition) is 0. The van der Waals surface area contributed by atoms with Crippen molar-refractivity contribution in [3.05, 3.63) is 35.4 Å². The SMILES string of the molecule is CCOC(=O)c1cnc(-c2ncccn2)nc1Cl. The van der Waals surface area contributed by atoms with E-state index in [-0.39, 0.29) is 23.1 Å². The van der Waals surface area contributed by atoms with Crippen LogP contribution in [0.2, 0.25) is 5.15 Å². The quantitative estimate of drug-likeness (QED) is 0.621. The van der Waals surface area contributed by atoms with Crippen molar-refractivity contribution >= 4 is 17.6 Å². The Kier molecular flexibility index (Phi) is 3.78. The van der Waals surface area contributed by atoms with E-state index in [2.05, 4.69) is 19.9 Å². The molecule has 0 aromatic carbocycles. The average molecular weight is 265 g/mol. The fourth-order valence-corrected chi connectivity index (χ4v) is 1.44. The van der Waals surface area contributed by atoms with E-state index in [1.807, 2.05) is 0 Å². The van der Waals surface area contributed by atoms with Gasteiger partial charge in [-0.1, -0.05) is 11.6 Å². The van der Waals surface area contributed by atoms with Crippen LogP contribution in [-0.2, 0) is 4.74 Å². The highest BCUT2D eigenvalue weighted by atomic mass is 35.5. The van der Waals surface area contributed by atoms with Gasteiger partial charge in [0.05, 0.1) is 6.61 Å². The molecule has 0 aliphatic carbocycles. The van der Waals surface area contributed by atoms with Crippen molar-refractivity contribution < 1.29 is 9.53 Å². The van der Waals surface area contributed by atoms with E-state index in [9.17, 15) is 4.79 Å². The number of halogens is 1. The second kappa shape index (κ2) is 5.50. The molecule has 92 valence electrons. The Bertz CT molecular complexity index is 562. The summed E-state index contributed by atoms with van der Waals surface area (Å²) in [4.78, 5) is 27.4. The molecule has 0 saturated carbocycles. The van der Waals surface area contributed by atoms with Crippen LogP contribution in [0.5, 0.6) is 0 Å². The highest BCUT2D eigenvalue weighted by Crippen LogP contribution is 2.17. The van der Waals surface area contributed by atoms with Gasteiger partial charge in [0.25, 0.3) is 0 Å². The molecule has 6 nitrogen and oxygen atoms in total. The molecule has 0 atom stereocenters. The Morgan fingerprint density at radius 1 is 1.28 bits per heavy atom. The minimum atomic E-state index is -0.553. The van der Waals surface area contributed by atoms with Gasteiger partial charge in [0.2, 0.25) is 0 Å². The molecule has 2 aromatic rings. The molecule has 2 rings (SSSR count). The Labute approximate surface area is 108 Å². The first kappa shape index (κ1) is 12.4. The molecule has 0 saturated heterocycles. The van der Waals surface area contributed by atoms with Gasteiger partial charge in [0.1, 0.15) is 10.7 Å². The van der Waals surface area contributed by atoms with Crippen LogP contribution in [0, 0.1) is 0 Å². The molecule has 0 aliphatic rings. The zero-order valence-electron chi connectivity index (χ0n) is 9.50. The van der Waals surface area contributed by atoms with E-state index in [0.717, 1.165) is 0 Å². The number of rotatable bonds is 3. The van der Waals surface area contributed by atoms with Crippen molar-refractivity contribution in [3.8, 4) is 11.6 Å². The molecule has 0 bridgehead atoms. The molecule has 0 N–H and O–H groups in total. The van der Waals surface area contributed by atoms with Gasteiger partial charge in [0.15, 0.2) is 11.6 Å². The van der Waals surface area contributed by atoms with Gasteiger partial charge in [-0.2, -0.15) is 0 Å². The summed E-state index contributed by atoms with van der Waals surface area (Å²) in [6.45, 7) is 1.97. The van der Waals surface area contributed by atoms with Gasteiger partial charge in [-0.05, 0) is 13.0 Å². The van der Waals surface area contributed by atoms with Gasteiger partial charge >= 0.3 is 5.97 Å². The second-order valence-corrected chi connectivity index (χ2v) is 3.55. The van der Waals surface area contributed by atoms with Crippen LogP contribution in [0.25, 0.3) is 11.6 Å². The van der Waals surface area contributed by atoms with Crippen LogP contribution in [0.3, 0.4) is 0 Å². The van der Waals surface area contributed by atoms with E-state index in [1.54, 1.807) is 25.4 Å². The number of nitrogens with zero attached hydrogens (tertiary/aromatic N) is 4. The van der Waals surface area contributed by atoms with Crippen LogP contribution in [-0.4, -0.2) is 32.5 Å². The zero-order valence-corrected chi connectivity index (χ0v) is 10.3. The lowest BCUT2D eigenvalue weighted by Crippen LogP contribution is -2.08. The molecule has 0 unspecified atom stereocenters. The molecular weight excluding hydrogens is 256 g/mol. The monoisotopic (exact) mass is 264 g/mol. The number of carbonyl (C=O) groups excluding carboxylic acids is 1. The van der Waals surface area contributed by atoms with Gasteiger partial charge in [-0.3, -0.25) is 0 Å². The van der Waals surface area contributed by atoms with Crippen molar-refractivity contribution in [1.29, 1.82) is 0 Å². The Morgan fingerprint density at radius 3 is 2.61 bits per heavy atom.